The molecule has 3 nitrogen and oxygen atoms in total. The molecule has 0 saturated carbocycles. The Kier molecular flexibility index (Phi) is 9.28. The Morgan fingerprint density at radius 2 is 1.92 bits per heavy atom. The third-order valence-corrected chi connectivity index (χ3v) is 5.75. The van der Waals surface area contributed by atoms with Crippen molar-refractivity contribution in [2.45, 2.75) is 44.9 Å². The molecular weight excluding hydrogens is 332 g/mol. The van der Waals surface area contributed by atoms with Crippen molar-refractivity contribution in [3.63, 3.8) is 0 Å². The highest BCUT2D eigenvalue weighted by Gasteiger charge is 2.22. The second-order valence-electron chi connectivity index (χ2n) is 5.95. The largest absolute Gasteiger partial charge is 0.497 e. The topological polar surface area (TPSA) is 43.4 Å². The predicted molar refractivity (Wildman–Crippen MR) is 105 cm³/mol. The van der Waals surface area contributed by atoms with E-state index in [0.717, 1.165) is 24.8 Å². The van der Waals surface area contributed by atoms with Gasteiger partial charge in [-0.15, -0.1) is 0 Å². The van der Waals surface area contributed by atoms with Gasteiger partial charge in [-0.05, 0) is 49.8 Å². The molecule has 0 N–H and O–H groups in total. The van der Waals surface area contributed by atoms with Crippen LogP contribution >= 0.6 is 0 Å². The number of rotatable bonds is 11. The average Bonchev–Trinajstić information content (AvgIpc) is 2.60. The molecule has 1 rings (SSSR count). The standard InChI is InChI=1S/C21H30O3S/c1-5-8-9-11-14-18(4)20(6-2)21(24-7-3)17-25(22,23)19-15-12-10-13-16-19/h5,8-10,12-13,15-16,18H,1,6-7,11,14,17H2,2-4H3/b9-8+,21-20+. The summed E-state index contributed by atoms with van der Waals surface area (Å²) in [6, 6.07) is 8.56. The minimum absolute atomic E-state index is 0.0825. The van der Waals surface area contributed by atoms with Crippen molar-refractivity contribution in [1.29, 1.82) is 0 Å². The summed E-state index contributed by atoms with van der Waals surface area (Å²) in [5.41, 5.74) is 1.09. The van der Waals surface area contributed by atoms with Gasteiger partial charge in [-0.2, -0.15) is 0 Å². The maximum Gasteiger partial charge on any atom is 0.185 e. The van der Waals surface area contributed by atoms with Gasteiger partial charge in [0.15, 0.2) is 9.84 Å². The molecule has 0 aliphatic carbocycles. The summed E-state index contributed by atoms with van der Waals surface area (Å²) >= 11 is 0. The Balaban J connectivity index is 3.05. The van der Waals surface area contributed by atoms with Gasteiger partial charge >= 0.3 is 0 Å². The average molecular weight is 363 g/mol. The first-order chi connectivity index (χ1) is 12.0. The van der Waals surface area contributed by atoms with Crippen molar-refractivity contribution in [2.75, 3.05) is 12.4 Å². The molecule has 0 bridgehead atoms. The molecule has 1 atom stereocenters. The van der Waals surface area contributed by atoms with Crippen LogP contribution in [0.5, 0.6) is 0 Å². The second-order valence-corrected chi connectivity index (χ2v) is 7.94. The molecule has 1 unspecified atom stereocenters. The summed E-state index contributed by atoms with van der Waals surface area (Å²) in [7, 11) is -3.41. The van der Waals surface area contributed by atoms with E-state index in [1.54, 1.807) is 30.3 Å². The van der Waals surface area contributed by atoms with Crippen molar-refractivity contribution in [3.05, 3.63) is 66.5 Å². The van der Waals surface area contributed by atoms with Gasteiger partial charge in [-0.3, -0.25) is 0 Å². The van der Waals surface area contributed by atoms with Gasteiger partial charge in [-0.1, -0.05) is 56.9 Å². The minimum atomic E-state index is -3.41. The lowest BCUT2D eigenvalue weighted by atomic mass is 9.93. The molecule has 0 aliphatic heterocycles. The van der Waals surface area contributed by atoms with Crippen LogP contribution < -0.4 is 0 Å². The highest BCUT2D eigenvalue weighted by molar-refractivity contribution is 7.91. The zero-order chi connectivity index (χ0) is 18.7. The van der Waals surface area contributed by atoms with Crippen LogP contribution in [-0.2, 0) is 14.6 Å². The van der Waals surface area contributed by atoms with Crippen molar-refractivity contribution in [3.8, 4) is 0 Å². The van der Waals surface area contributed by atoms with Crippen LogP contribution in [0.1, 0.15) is 40.0 Å². The fourth-order valence-electron chi connectivity index (χ4n) is 2.82. The molecule has 0 amide bonds. The van der Waals surface area contributed by atoms with E-state index in [9.17, 15) is 8.42 Å². The van der Waals surface area contributed by atoms with Gasteiger partial charge in [0.25, 0.3) is 0 Å². The molecule has 0 aromatic heterocycles. The predicted octanol–water partition coefficient (Wildman–Crippen LogP) is 5.32. The van der Waals surface area contributed by atoms with E-state index in [1.807, 2.05) is 19.1 Å². The van der Waals surface area contributed by atoms with Gasteiger partial charge in [0.05, 0.1) is 11.5 Å². The van der Waals surface area contributed by atoms with Gasteiger partial charge < -0.3 is 4.74 Å². The molecule has 25 heavy (non-hydrogen) atoms. The number of allylic oxidation sites excluding steroid dienone is 4. The molecule has 0 aliphatic rings. The first-order valence-electron chi connectivity index (χ1n) is 8.86. The molecule has 138 valence electrons. The summed E-state index contributed by atoms with van der Waals surface area (Å²) in [6.45, 7) is 10.2. The van der Waals surface area contributed by atoms with Crippen LogP contribution in [0.15, 0.2) is 71.4 Å². The van der Waals surface area contributed by atoms with Crippen molar-refractivity contribution < 1.29 is 13.2 Å². The number of hydrogen-bond donors (Lipinski definition) is 0. The molecule has 1 aromatic rings. The van der Waals surface area contributed by atoms with E-state index in [4.69, 9.17) is 4.74 Å². The van der Waals surface area contributed by atoms with Gasteiger partial charge in [0.2, 0.25) is 0 Å². The number of ether oxygens (including phenoxy) is 1. The highest BCUT2D eigenvalue weighted by atomic mass is 32.2. The number of benzene rings is 1. The molecule has 1 aromatic carbocycles. The molecule has 0 heterocycles. The summed E-state index contributed by atoms with van der Waals surface area (Å²) in [4.78, 5) is 0.337. The lowest BCUT2D eigenvalue weighted by molar-refractivity contribution is 0.223. The summed E-state index contributed by atoms with van der Waals surface area (Å²) in [5, 5.41) is 0. The molecule has 0 radical (unpaired) electrons. The Hall–Kier alpha value is -1.81. The number of sulfone groups is 1. The zero-order valence-electron chi connectivity index (χ0n) is 15.6. The molecule has 0 fully saturated rings. The van der Waals surface area contributed by atoms with Crippen molar-refractivity contribution in [2.24, 2.45) is 5.92 Å². The second kappa shape index (κ2) is 10.9. The highest BCUT2D eigenvalue weighted by Crippen LogP contribution is 2.26. The van der Waals surface area contributed by atoms with E-state index in [-0.39, 0.29) is 11.7 Å². The fourth-order valence-corrected chi connectivity index (χ4v) is 4.17. The van der Waals surface area contributed by atoms with E-state index < -0.39 is 9.84 Å². The normalized spacial score (nSPS) is 14.2. The summed E-state index contributed by atoms with van der Waals surface area (Å²) < 4.78 is 31.2. The molecule has 4 heteroatoms. The minimum Gasteiger partial charge on any atom is -0.497 e. The van der Waals surface area contributed by atoms with Crippen LogP contribution in [-0.4, -0.2) is 20.8 Å². The Bertz CT molecular complexity index is 685. The van der Waals surface area contributed by atoms with Crippen molar-refractivity contribution >= 4 is 9.84 Å². The molecule has 0 saturated heterocycles. The van der Waals surface area contributed by atoms with Crippen LogP contribution in [0.3, 0.4) is 0 Å². The Labute approximate surface area is 153 Å². The van der Waals surface area contributed by atoms with Gasteiger partial charge in [0, 0.05) is 0 Å². The van der Waals surface area contributed by atoms with E-state index >= 15 is 0 Å². The van der Waals surface area contributed by atoms with Crippen LogP contribution in [0.25, 0.3) is 0 Å². The lowest BCUT2D eigenvalue weighted by Gasteiger charge is -2.20. The summed E-state index contributed by atoms with van der Waals surface area (Å²) in [6.07, 6.45) is 8.45. The molecular formula is C21H30O3S. The Morgan fingerprint density at radius 1 is 1.24 bits per heavy atom. The lowest BCUT2D eigenvalue weighted by Crippen LogP contribution is -2.15. The van der Waals surface area contributed by atoms with Crippen LogP contribution in [0.2, 0.25) is 0 Å². The third-order valence-electron chi connectivity index (χ3n) is 4.11. The summed E-state index contributed by atoms with van der Waals surface area (Å²) in [5.74, 6) is 0.793. The third kappa shape index (κ3) is 6.91. The van der Waals surface area contributed by atoms with Crippen LogP contribution in [0.4, 0.5) is 0 Å². The number of hydrogen-bond acceptors (Lipinski definition) is 3. The van der Waals surface area contributed by atoms with Crippen LogP contribution in [0, 0.1) is 5.92 Å². The first-order valence-corrected chi connectivity index (χ1v) is 10.5. The first kappa shape index (κ1) is 21.2. The maximum absolute atomic E-state index is 12.7. The monoisotopic (exact) mass is 362 g/mol. The molecule has 0 spiro atoms. The Morgan fingerprint density at radius 3 is 2.48 bits per heavy atom. The SMILES string of the molecule is C=C/C=C/CCC(C)/C(CC)=C(\CS(=O)(=O)c1ccccc1)OCC. The van der Waals surface area contributed by atoms with Crippen molar-refractivity contribution in [1.82, 2.24) is 0 Å². The van der Waals surface area contributed by atoms with E-state index in [2.05, 4.69) is 26.5 Å². The zero-order valence-corrected chi connectivity index (χ0v) is 16.4. The fraction of sp³-hybridized carbons (Fsp3) is 0.429. The van der Waals surface area contributed by atoms with Gasteiger partial charge in [-0.25, -0.2) is 8.42 Å². The van der Waals surface area contributed by atoms with E-state index in [0.29, 0.717) is 17.3 Å². The van der Waals surface area contributed by atoms with E-state index in [1.165, 1.54) is 0 Å². The quantitative estimate of drug-likeness (QED) is 0.395. The smallest absolute Gasteiger partial charge is 0.185 e. The maximum atomic E-state index is 12.7. The van der Waals surface area contributed by atoms with Gasteiger partial charge in [0.1, 0.15) is 11.5 Å².